The number of hydrogen-bond acceptors (Lipinski definition) is 3. The molecule has 1 aromatic heterocycles. The van der Waals surface area contributed by atoms with Gasteiger partial charge in [0.2, 0.25) is 11.8 Å². The second-order valence-corrected chi connectivity index (χ2v) is 8.14. The lowest BCUT2D eigenvalue weighted by atomic mass is 9.83. The van der Waals surface area contributed by atoms with Gasteiger partial charge in [0.05, 0.1) is 0 Å². The smallest absolute Gasteiger partial charge is 0.245 e. The van der Waals surface area contributed by atoms with Gasteiger partial charge in [-0.05, 0) is 48.1 Å². The minimum absolute atomic E-state index is 0.101. The zero-order valence-electron chi connectivity index (χ0n) is 17.1. The van der Waals surface area contributed by atoms with Crippen molar-refractivity contribution in [2.45, 2.75) is 45.1 Å². The fourth-order valence-corrected chi connectivity index (χ4v) is 4.28. The highest BCUT2D eigenvalue weighted by Gasteiger charge is 2.40. The average molecular weight is 392 g/mol. The molecule has 2 amide bonds. The lowest BCUT2D eigenvalue weighted by Crippen LogP contribution is -2.60. The highest BCUT2D eigenvalue weighted by molar-refractivity contribution is 5.90. The Bertz CT molecular complexity index is 846. The van der Waals surface area contributed by atoms with Gasteiger partial charge in [-0.15, -0.1) is 0 Å². The molecule has 2 fully saturated rings. The predicted molar refractivity (Wildman–Crippen MR) is 113 cm³/mol. The van der Waals surface area contributed by atoms with Gasteiger partial charge in [-0.1, -0.05) is 37.6 Å². The zero-order chi connectivity index (χ0) is 20.2. The van der Waals surface area contributed by atoms with E-state index in [1.54, 1.807) is 12.4 Å². The monoisotopic (exact) mass is 391 g/mol. The van der Waals surface area contributed by atoms with Gasteiger partial charge >= 0.3 is 0 Å². The van der Waals surface area contributed by atoms with E-state index >= 15 is 0 Å². The van der Waals surface area contributed by atoms with Crippen LogP contribution < -0.4 is 0 Å². The summed E-state index contributed by atoms with van der Waals surface area (Å²) < 4.78 is 0. The molecule has 29 heavy (non-hydrogen) atoms. The van der Waals surface area contributed by atoms with Crippen LogP contribution in [-0.4, -0.2) is 52.3 Å². The van der Waals surface area contributed by atoms with Crippen LogP contribution in [0.4, 0.5) is 0 Å². The molecule has 0 bridgehead atoms. The molecule has 1 aliphatic heterocycles. The highest BCUT2D eigenvalue weighted by Crippen LogP contribution is 2.30. The molecule has 5 nitrogen and oxygen atoms in total. The Balaban J connectivity index is 1.53. The van der Waals surface area contributed by atoms with E-state index in [0.29, 0.717) is 19.5 Å². The van der Waals surface area contributed by atoms with Crippen LogP contribution in [-0.2, 0) is 16.0 Å². The van der Waals surface area contributed by atoms with E-state index in [-0.39, 0.29) is 23.8 Å². The van der Waals surface area contributed by atoms with Gasteiger partial charge in [0, 0.05) is 44.4 Å². The first kappa shape index (κ1) is 19.6. The number of amides is 2. The molecule has 2 heterocycles. The Morgan fingerprint density at radius 1 is 1.03 bits per heavy atom. The van der Waals surface area contributed by atoms with Crippen LogP contribution in [0.5, 0.6) is 0 Å². The molecule has 1 aliphatic carbocycles. The third-order valence-electron chi connectivity index (χ3n) is 6.21. The maximum atomic E-state index is 13.2. The fraction of sp³-hybridized carbons (Fsp3) is 0.458. The van der Waals surface area contributed by atoms with Gasteiger partial charge in [-0.3, -0.25) is 14.6 Å². The van der Waals surface area contributed by atoms with E-state index in [2.05, 4.69) is 36.2 Å². The molecule has 1 aromatic carbocycles. The van der Waals surface area contributed by atoms with E-state index < -0.39 is 0 Å². The molecule has 0 spiro atoms. The summed E-state index contributed by atoms with van der Waals surface area (Å²) in [4.78, 5) is 34.0. The number of pyridine rings is 1. The number of rotatable bonds is 6. The Kier molecular flexibility index (Phi) is 5.93. The Morgan fingerprint density at radius 3 is 2.34 bits per heavy atom. The van der Waals surface area contributed by atoms with Crippen molar-refractivity contribution in [1.29, 1.82) is 0 Å². The van der Waals surface area contributed by atoms with Crippen molar-refractivity contribution >= 4 is 11.8 Å². The second-order valence-electron chi connectivity index (χ2n) is 8.14. The van der Waals surface area contributed by atoms with E-state index in [1.807, 2.05) is 21.9 Å². The summed E-state index contributed by atoms with van der Waals surface area (Å²) >= 11 is 0. The van der Waals surface area contributed by atoms with Crippen LogP contribution >= 0.6 is 0 Å². The molecular weight excluding hydrogens is 362 g/mol. The quantitative estimate of drug-likeness (QED) is 0.757. The molecule has 1 atom stereocenters. The largest absolute Gasteiger partial charge is 0.339 e. The van der Waals surface area contributed by atoms with Gasteiger partial charge in [0.1, 0.15) is 6.04 Å². The van der Waals surface area contributed by atoms with Crippen LogP contribution in [0.2, 0.25) is 0 Å². The molecule has 1 saturated heterocycles. The molecular formula is C24H29N3O2. The molecule has 0 radical (unpaired) electrons. The average Bonchev–Trinajstić information content (AvgIpc) is 2.71. The number of piperazine rings is 1. The van der Waals surface area contributed by atoms with Crippen molar-refractivity contribution < 1.29 is 9.59 Å². The topological polar surface area (TPSA) is 53.5 Å². The number of aromatic nitrogens is 1. The van der Waals surface area contributed by atoms with Gasteiger partial charge in [0.25, 0.3) is 0 Å². The summed E-state index contributed by atoms with van der Waals surface area (Å²) in [5.41, 5.74) is 3.34. The molecule has 2 aromatic rings. The van der Waals surface area contributed by atoms with E-state index in [9.17, 15) is 9.59 Å². The number of hydrogen-bond donors (Lipinski definition) is 0. The predicted octanol–water partition coefficient (Wildman–Crippen LogP) is 3.54. The number of carbonyl (C=O) groups excluding carboxylic acids is 2. The van der Waals surface area contributed by atoms with Crippen LogP contribution in [0, 0.1) is 5.92 Å². The standard InChI is InChI=1S/C24H29N3O2/c1-2-14-26-15-16-27(23(28)21-4-3-5-21)22(24(26)29)17-18-6-8-19(9-7-18)20-10-12-25-13-11-20/h6-13,21-22H,2-5,14-17H2,1H3/t22-/m1/s1. The van der Waals surface area contributed by atoms with Crippen molar-refractivity contribution in [2.75, 3.05) is 19.6 Å². The summed E-state index contributed by atoms with van der Waals surface area (Å²) in [6.07, 6.45) is 8.16. The second kappa shape index (κ2) is 8.76. The molecule has 2 aliphatic rings. The molecule has 0 unspecified atom stereocenters. The summed E-state index contributed by atoms with van der Waals surface area (Å²) in [6, 6.07) is 11.9. The third kappa shape index (κ3) is 4.19. The molecule has 1 saturated carbocycles. The normalized spacial score (nSPS) is 19.9. The van der Waals surface area contributed by atoms with Crippen LogP contribution in [0.25, 0.3) is 11.1 Å². The summed E-state index contributed by atoms with van der Waals surface area (Å²) in [5, 5.41) is 0. The summed E-state index contributed by atoms with van der Waals surface area (Å²) in [5.74, 6) is 0.403. The summed E-state index contributed by atoms with van der Waals surface area (Å²) in [6.45, 7) is 4.16. The third-order valence-corrected chi connectivity index (χ3v) is 6.21. The molecule has 5 heteroatoms. The first-order valence-electron chi connectivity index (χ1n) is 10.8. The zero-order valence-corrected chi connectivity index (χ0v) is 17.1. The SMILES string of the molecule is CCCN1CCN(C(=O)C2CCC2)[C@H](Cc2ccc(-c3ccncc3)cc2)C1=O. The van der Waals surface area contributed by atoms with E-state index in [4.69, 9.17) is 0 Å². The van der Waals surface area contributed by atoms with Crippen molar-refractivity contribution in [2.24, 2.45) is 5.92 Å². The maximum absolute atomic E-state index is 13.2. The lowest BCUT2D eigenvalue weighted by Gasteiger charge is -2.43. The lowest BCUT2D eigenvalue weighted by molar-refractivity contribution is -0.155. The number of nitrogens with zero attached hydrogens (tertiary/aromatic N) is 3. The fourth-order valence-electron chi connectivity index (χ4n) is 4.28. The Hall–Kier alpha value is -2.69. The van der Waals surface area contributed by atoms with Crippen molar-refractivity contribution in [3.63, 3.8) is 0 Å². The van der Waals surface area contributed by atoms with Crippen molar-refractivity contribution in [1.82, 2.24) is 14.8 Å². The van der Waals surface area contributed by atoms with Crippen LogP contribution in [0.3, 0.4) is 0 Å². The first-order chi connectivity index (χ1) is 14.2. The molecule has 0 N–H and O–H groups in total. The Labute approximate surface area is 172 Å². The first-order valence-corrected chi connectivity index (χ1v) is 10.8. The molecule has 4 rings (SSSR count). The van der Waals surface area contributed by atoms with Crippen LogP contribution in [0.15, 0.2) is 48.8 Å². The number of benzene rings is 1. The minimum atomic E-state index is -0.379. The van der Waals surface area contributed by atoms with Crippen molar-refractivity contribution in [3.05, 3.63) is 54.4 Å². The van der Waals surface area contributed by atoms with E-state index in [1.165, 1.54) is 0 Å². The van der Waals surface area contributed by atoms with Gasteiger partial charge in [-0.2, -0.15) is 0 Å². The minimum Gasteiger partial charge on any atom is -0.339 e. The Morgan fingerprint density at radius 2 is 1.72 bits per heavy atom. The van der Waals surface area contributed by atoms with Gasteiger partial charge in [0.15, 0.2) is 0 Å². The highest BCUT2D eigenvalue weighted by atomic mass is 16.2. The summed E-state index contributed by atoms with van der Waals surface area (Å²) in [7, 11) is 0. The maximum Gasteiger partial charge on any atom is 0.245 e. The molecule has 152 valence electrons. The van der Waals surface area contributed by atoms with Crippen LogP contribution in [0.1, 0.15) is 38.2 Å². The number of carbonyl (C=O) groups is 2. The van der Waals surface area contributed by atoms with Crippen molar-refractivity contribution in [3.8, 4) is 11.1 Å². The van der Waals surface area contributed by atoms with Gasteiger partial charge < -0.3 is 9.80 Å². The van der Waals surface area contributed by atoms with Gasteiger partial charge in [-0.25, -0.2) is 0 Å². The van der Waals surface area contributed by atoms with E-state index in [0.717, 1.165) is 48.9 Å².